The van der Waals surface area contributed by atoms with Crippen molar-refractivity contribution in [1.82, 2.24) is 5.32 Å². The van der Waals surface area contributed by atoms with Gasteiger partial charge in [-0.05, 0) is 49.8 Å². The molecule has 1 aliphatic heterocycles. The van der Waals surface area contributed by atoms with Crippen LogP contribution >= 0.6 is 0 Å². The summed E-state index contributed by atoms with van der Waals surface area (Å²) in [5.41, 5.74) is 2.69. The van der Waals surface area contributed by atoms with E-state index in [0.717, 1.165) is 25.6 Å². The fourth-order valence-electron chi connectivity index (χ4n) is 3.05. The van der Waals surface area contributed by atoms with Crippen molar-refractivity contribution in [2.24, 2.45) is 0 Å². The molecule has 3 nitrogen and oxygen atoms in total. The highest BCUT2D eigenvalue weighted by Gasteiger charge is 2.28. The lowest BCUT2D eigenvalue weighted by molar-refractivity contribution is 0.0498. The normalized spacial score (nSPS) is 25.2. The topological polar surface area (TPSA) is 24.5 Å². The van der Waals surface area contributed by atoms with Gasteiger partial charge in [0.25, 0.3) is 0 Å². The van der Waals surface area contributed by atoms with E-state index in [1.165, 1.54) is 36.9 Å². The maximum Gasteiger partial charge on any atom is 0.0755 e. The van der Waals surface area contributed by atoms with Gasteiger partial charge in [0, 0.05) is 31.9 Å². The summed E-state index contributed by atoms with van der Waals surface area (Å²) in [5.74, 6) is 0. The van der Waals surface area contributed by atoms with E-state index in [1.54, 1.807) is 0 Å². The van der Waals surface area contributed by atoms with E-state index in [9.17, 15) is 0 Å². The van der Waals surface area contributed by atoms with Crippen LogP contribution in [0.15, 0.2) is 24.3 Å². The SMILES string of the molecule is CCc1ccc(N(C)CC2CCC(CNC3CC3)O2)cc1. The number of rotatable bonds is 7. The van der Waals surface area contributed by atoms with Crippen LogP contribution in [0, 0.1) is 0 Å². The maximum atomic E-state index is 6.17. The van der Waals surface area contributed by atoms with Crippen molar-refractivity contribution < 1.29 is 4.74 Å². The number of aryl methyl sites for hydroxylation is 1. The summed E-state index contributed by atoms with van der Waals surface area (Å²) in [6, 6.07) is 9.68. The van der Waals surface area contributed by atoms with Gasteiger partial charge in [-0.25, -0.2) is 0 Å². The third-order valence-electron chi connectivity index (χ3n) is 4.67. The minimum Gasteiger partial charge on any atom is -0.372 e. The molecule has 0 spiro atoms. The largest absolute Gasteiger partial charge is 0.372 e. The minimum absolute atomic E-state index is 0.381. The molecule has 1 aliphatic carbocycles. The Hall–Kier alpha value is -1.06. The van der Waals surface area contributed by atoms with Crippen LogP contribution < -0.4 is 10.2 Å². The van der Waals surface area contributed by atoms with Gasteiger partial charge in [0.05, 0.1) is 12.2 Å². The Balaban J connectivity index is 1.44. The third-order valence-corrected chi connectivity index (χ3v) is 4.67. The summed E-state index contributed by atoms with van der Waals surface area (Å²) < 4.78 is 6.17. The van der Waals surface area contributed by atoms with E-state index < -0.39 is 0 Å². The molecule has 1 saturated heterocycles. The summed E-state index contributed by atoms with van der Waals surface area (Å²) in [7, 11) is 2.17. The first kappa shape index (κ1) is 14.9. The molecule has 1 heterocycles. The van der Waals surface area contributed by atoms with Crippen LogP contribution in [-0.4, -0.2) is 38.4 Å². The molecule has 3 rings (SSSR count). The molecule has 1 N–H and O–H groups in total. The van der Waals surface area contributed by atoms with Gasteiger partial charge in [-0.15, -0.1) is 0 Å². The molecule has 2 unspecified atom stereocenters. The van der Waals surface area contributed by atoms with Crippen molar-refractivity contribution in [2.75, 3.05) is 25.0 Å². The Bertz CT molecular complexity index is 441. The standard InChI is InChI=1S/C18H28N2O/c1-3-14-4-8-16(9-5-14)20(2)13-18-11-10-17(21-18)12-19-15-6-7-15/h4-5,8-9,15,17-19H,3,6-7,10-13H2,1-2H3. The lowest BCUT2D eigenvalue weighted by Gasteiger charge is -2.24. The molecule has 0 aromatic heterocycles. The monoisotopic (exact) mass is 288 g/mol. The van der Waals surface area contributed by atoms with E-state index in [2.05, 4.69) is 48.5 Å². The maximum absolute atomic E-state index is 6.17. The quantitative estimate of drug-likeness (QED) is 0.835. The van der Waals surface area contributed by atoms with Gasteiger partial charge in [0.15, 0.2) is 0 Å². The highest BCUT2D eigenvalue weighted by atomic mass is 16.5. The Labute approximate surface area is 128 Å². The lowest BCUT2D eigenvalue weighted by Crippen LogP contribution is -2.32. The van der Waals surface area contributed by atoms with Crippen LogP contribution in [0.5, 0.6) is 0 Å². The second-order valence-corrected chi connectivity index (χ2v) is 6.54. The Morgan fingerprint density at radius 2 is 1.81 bits per heavy atom. The van der Waals surface area contributed by atoms with Gasteiger partial charge in [-0.2, -0.15) is 0 Å². The predicted octanol–water partition coefficient (Wildman–Crippen LogP) is 2.98. The Morgan fingerprint density at radius 1 is 1.10 bits per heavy atom. The molecular formula is C18H28N2O. The van der Waals surface area contributed by atoms with Gasteiger partial charge < -0.3 is 15.0 Å². The number of benzene rings is 1. The van der Waals surface area contributed by atoms with Crippen molar-refractivity contribution in [3.63, 3.8) is 0 Å². The van der Waals surface area contributed by atoms with Crippen LogP contribution in [0.1, 0.15) is 38.2 Å². The number of hydrogen-bond acceptors (Lipinski definition) is 3. The van der Waals surface area contributed by atoms with Crippen molar-refractivity contribution in [3.05, 3.63) is 29.8 Å². The zero-order valence-corrected chi connectivity index (χ0v) is 13.3. The second kappa shape index (κ2) is 6.80. The average Bonchev–Trinajstić information content (AvgIpc) is 3.25. The summed E-state index contributed by atoms with van der Waals surface area (Å²) in [6.45, 7) is 4.22. The molecule has 1 aromatic carbocycles. The summed E-state index contributed by atoms with van der Waals surface area (Å²) in [4.78, 5) is 2.32. The van der Waals surface area contributed by atoms with E-state index in [4.69, 9.17) is 4.74 Å². The number of ether oxygens (including phenoxy) is 1. The van der Waals surface area contributed by atoms with Crippen LogP contribution in [0.25, 0.3) is 0 Å². The molecule has 2 atom stereocenters. The van der Waals surface area contributed by atoms with Crippen LogP contribution in [0.2, 0.25) is 0 Å². The van der Waals surface area contributed by atoms with Crippen LogP contribution in [0.4, 0.5) is 5.69 Å². The second-order valence-electron chi connectivity index (χ2n) is 6.54. The van der Waals surface area contributed by atoms with Crippen LogP contribution in [0.3, 0.4) is 0 Å². The molecule has 2 aliphatic rings. The zero-order valence-electron chi connectivity index (χ0n) is 13.3. The third kappa shape index (κ3) is 4.21. The Morgan fingerprint density at radius 3 is 2.48 bits per heavy atom. The van der Waals surface area contributed by atoms with Gasteiger partial charge in [-0.3, -0.25) is 0 Å². The molecule has 116 valence electrons. The fourth-order valence-corrected chi connectivity index (χ4v) is 3.05. The lowest BCUT2D eigenvalue weighted by atomic mass is 10.1. The predicted molar refractivity (Wildman–Crippen MR) is 88.0 cm³/mol. The van der Waals surface area contributed by atoms with Gasteiger partial charge in [0.2, 0.25) is 0 Å². The first-order valence-electron chi connectivity index (χ1n) is 8.43. The van der Waals surface area contributed by atoms with Crippen molar-refractivity contribution in [1.29, 1.82) is 0 Å². The molecule has 21 heavy (non-hydrogen) atoms. The molecule has 3 heteroatoms. The molecule has 2 fully saturated rings. The van der Waals surface area contributed by atoms with Crippen molar-refractivity contribution >= 4 is 5.69 Å². The smallest absolute Gasteiger partial charge is 0.0755 e. The molecular weight excluding hydrogens is 260 g/mol. The van der Waals surface area contributed by atoms with Gasteiger partial charge in [-0.1, -0.05) is 19.1 Å². The van der Waals surface area contributed by atoms with Crippen LogP contribution in [-0.2, 0) is 11.2 Å². The summed E-state index contributed by atoms with van der Waals surface area (Å²) in [6.07, 6.45) is 7.00. The van der Waals surface area contributed by atoms with Crippen molar-refractivity contribution in [2.45, 2.75) is 57.3 Å². The number of hydrogen-bond donors (Lipinski definition) is 1. The van der Waals surface area contributed by atoms with Crippen molar-refractivity contribution in [3.8, 4) is 0 Å². The molecule has 0 bridgehead atoms. The van der Waals surface area contributed by atoms with Gasteiger partial charge >= 0.3 is 0 Å². The molecule has 1 saturated carbocycles. The Kier molecular flexibility index (Phi) is 4.81. The molecule has 0 amide bonds. The number of nitrogens with zero attached hydrogens (tertiary/aromatic N) is 1. The highest BCUT2D eigenvalue weighted by Crippen LogP contribution is 2.24. The molecule has 0 radical (unpaired) electrons. The highest BCUT2D eigenvalue weighted by molar-refractivity contribution is 5.47. The first-order chi connectivity index (χ1) is 10.2. The van der Waals surface area contributed by atoms with E-state index in [-0.39, 0.29) is 0 Å². The number of anilines is 1. The first-order valence-corrected chi connectivity index (χ1v) is 8.43. The summed E-state index contributed by atoms with van der Waals surface area (Å²) >= 11 is 0. The van der Waals surface area contributed by atoms with Gasteiger partial charge in [0.1, 0.15) is 0 Å². The fraction of sp³-hybridized carbons (Fsp3) is 0.667. The van der Waals surface area contributed by atoms with E-state index in [1.807, 2.05) is 0 Å². The minimum atomic E-state index is 0.381. The average molecular weight is 288 g/mol. The van der Waals surface area contributed by atoms with E-state index in [0.29, 0.717) is 12.2 Å². The zero-order chi connectivity index (χ0) is 14.7. The molecule has 1 aromatic rings. The number of nitrogens with one attached hydrogen (secondary N) is 1. The van der Waals surface area contributed by atoms with E-state index >= 15 is 0 Å². The number of likely N-dealkylation sites (N-methyl/N-ethyl adjacent to an activating group) is 1. The summed E-state index contributed by atoms with van der Waals surface area (Å²) in [5, 5.41) is 3.58.